The lowest BCUT2D eigenvalue weighted by Crippen LogP contribution is -2.41. The van der Waals surface area contributed by atoms with Gasteiger partial charge in [-0.3, -0.25) is 9.48 Å². The summed E-state index contributed by atoms with van der Waals surface area (Å²) in [6.45, 7) is 2.58. The van der Waals surface area contributed by atoms with E-state index in [1.54, 1.807) is 15.9 Å². The molecule has 1 atom stereocenters. The molecular formula is C21H19N9OS. The van der Waals surface area contributed by atoms with Crippen LogP contribution < -0.4 is 0 Å². The lowest BCUT2D eigenvalue weighted by molar-refractivity contribution is 0.0685. The number of aromatic nitrogens is 8. The van der Waals surface area contributed by atoms with Crippen LogP contribution in [0.3, 0.4) is 0 Å². The minimum Gasteiger partial charge on any atom is -0.348 e. The van der Waals surface area contributed by atoms with Crippen LogP contribution in [0.5, 0.6) is 0 Å². The number of nitrogens with zero attached hydrogens (tertiary/aromatic N) is 8. The summed E-state index contributed by atoms with van der Waals surface area (Å²) in [7, 11) is 1.84. The molecule has 32 heavy (non-hydrogen) atoms. The number of aryl methyl sites for hydroxylation is 2. The van der Waals surface area contributed by atoms with Crippen LogP contribution in [-0.2, 0) is 13.5 Å². The fourth-order valence-corrected chi connectivity index (χ4v) is 4.93. The number of nitrogens with one attached hydrogen (secondary N) is 1. The molecule has 1 amide bonds. The highest BCUT2D eigenvalue weighted by molar-refractivity contribution is 7.16. The molecule has 6 heterocycles. The van der Waals surface area contributed by atoms with Crippen molar-refractivity contribution in [2.45, 2.75) is 19.4 Å². The number of imidazole rings is 1. The standard InChI is InChI=1S/C21H19N9OS/c1-12-4-3-7-30-16(12)10-15(27-30)18-17-13(22-11-23-17)6-9-29(18)21(31)20-25-24-19(32-20)14-5-8-28(2)26-14/h3-5,7-8,10-11,18H,6,9H2,1-2H3,(H,22,23). The first kappa shape index (κ1) is 18.9. The van der Waals surface area contributed by atoms with Gasteiger partial charge in [-0.05, 0) is 30.7 Å². The lowest BCUT2D eigenvalue weighted by atomic mass is 9.99. The van der Waals surface area contributed by atoms with E-state index in [9.17, 15) is 4.79 Å². The Balaban J connectivity index is 1.41. The number of pyridine rings is 1. The fourth-order valence-electron chi connectivity index (χ4n) is 4.17. The Morgan fingerprint density at radius 2 is 2.12 bits per heavy atom. The highest BCUT2D eigenvalue weighted by Crippen LogP contribution is 2.35. The molecule has 5 aromatic rings. The Kier molecular flexibility index (Phi) is 4.18. The average Bonchev–Trinajstić information content (AvgIpc) is 3.57. The molecule has 0 aromatic carbocycles. The molecule has 1 aliphatic rings. The Morgan fingerprint density at radius 3 is 2.94 bits per heavy atom. The zero-order valence-corrected chi connectivity index (χ0v) is 18.2. The summed E-state index contributed by atoms with van der Waals surface area (Å²) >= 11 is 1.25. The first-order valence-corrected chi connectivity index (χ1v) is 11.0. The minimum atomic E-state index is -0.404. The number of H-pyrrole nitrogens is 1. The maximum absolute atomic E-state index is 13.6. The van der Waals surface area contributed by atoms with Gasteiger partial charge in [-0.15, -0.1) is 10.2 Å². The third-order valence-electron chi connectivity index (χ3n) is 5.74. The average molecular weight is 446 g/mol. The maximum Gasteiger partial charge on any atom is 0.285 e. The van der Waals surface area contributed by atoms with E-state index in [1.165, 1.54) is 11.3 Å². The SMILES string of the molecule is Cc1cccn2nc(C3c4nc[nH]c4CCN3C(=O)c3nnc(-c4ccn(C)n4)s3)cc12. The summed E-state index contributed by atoms with van der Waals surface area (Å²) in [5.41, 5.74) is 5.44. The molecule has 1 aliphatic heterocycles. The lowest BCUT2D eigenvalue weighted by Gasteiger charge is -2.33. The summed E-state index contributed by atoms with van der Waals surface area (Å²) in [6.07, 6.45) is 6.12. The Hall–Kier alpha value is -3.86. The number of hydrogen-bond donors (Lipinski definition) is 1. The van der Waals surface area contributed by atoms with Crippen LogP contribution in [0.2, 0.25) is 0 Å². The molecule has 10 nitrogen and oxygen atoms in total. The second-order valence-corrected chi connectivity index (χ2v) is 8.77. The molecular weight excluding hydrogens is 426 g/mol. The quantitative estimate of drug-likeness (QED) is 0.457. The van der Waals surface area contributed by atoms with Crippen molar-refractivity contribution in [3.63, 3.8) is 0 Å². The van der Waals surface area contributed by atoms with Gasteiger partial charge in [-0.1, -0.05) is 17.4 Å². The molecule has 0 fully saturated rings. The minimum absolute atomic E-state index is 0.183. The van der Waals surface area contributed by atoms with Crippen LogP contribution in [-0.4, -0.2) is 56.9 Å². The zero-order valence-electron chi connectivity index (χ0n) is 17.4. The predicted molar refractivity (Wildman–Crippen MR) is 117 cm³/mol. The van der Waals surface area contributed by atoms with Crippen molar-refractivity contribution in [2.75, 3.05) is 6.54 Å². The van der Waals surface area contributed by atoms with E-state index in [-0.39, 0.29) is 5.91 Å². The Labute approximate surface area is 186 Å². The van der Waals surface area contributed by atoms with Gasteiger partial charge in [0.2, 0.25) is 5.01 Å². The molecule has 1 N–H and O–H groups in total. The number of amides is 1. The number of rotatable bonds is 3. The van der Waals surface area contributed by atoms with Crippen molar-refractivity contribution in [1.29, 1.82) is 0 Å². The van der Waals surface area contributed by atoms with E-state index in [1.807, 2.05) is 55.1 Å². The highest BCUT2D eigenvalue weighted by Gasteiger charge is 2.37. The van der Waals surface area contributed by atoms with Crippen LogP contribution in [0, 0.1) is 6.92 Å². The van der Waals surface area contributed by atoms with Crippen LogP contribution >= 0.6 is 11.3 Å². The van der Waals surface area contributed by atoms with Gasteiger partial charge in [0.25, 0.3) is 5.91 Å². The Morgan fingerprint density at radius 1 is 1.22 bits per heavy atom. The van der Waals surface area contributed by atoms with Gasteiger partial charge < -0.3 is 9.88 Å². The van der Waals surface area contributed by atoms with E-state index in [2.05, 4.69) is 25.3 Å². The summed E-state index contributed by atoms with van der Waals surface area (Å²) in [5, 5.41) is 18.5. The molecule has 0 aliphatic carbocycles. The van der Waals surface area contributed by atoms with Crippen molar-refractivity contribution in [3.05, 3.63) is 70.6 Å². The summed E-state index contributed by atoms with van der Waals surface area (Å²) in [4.78, 5) is 23.1. The molecule has 0 bridgehead atoms. The molecule has 1 unspecified atom stereocenters. The first-order valence-electron chi connectivity index (χ1n) is 10.2. The molecule has 0 saturated heterocycles. The summed E-state index contributed by atoms with van der Waals surface area (Å²) < 4.78 is 3.54. The van der Waals surface area contributed by atoms with Crippen molar-refractivity contribution in [1.82, 2.24) is 44.5 Å². The third-order valence-corrected chi connectivity index (χ3v) is 6.67. The van der Waals surface area contributed by atoms with Gasteiger partial charge in [0.05, 0.1) is 23.2 Å². The van der Waals surface area contributed by atoms with Crippen LogP contribution in [0.1, 0.15) is 38.5 Å². The van der Waals surface area contributed by atoms with E-state index in [0.29, 0.717) is 28.7 Å². The van der Waals surface area contributed by atoms with Crippen molar-refractivity contribution in [2.24, 2.45) is 7.05 Å². The second kappa shape index (κ2) is 7.09. The van der Waals surface area contributed by atoms with Gasteiger partial charge in [-0.25, -0.2) is 9.50 Å². The molecule has 5 aromatic heterocycles. The monoisotopic (exact) mass is 445 g/mol. The smallest absolute Gasteiger partial charge is 0.285 e. The number of aromatic amines is 1. The number of carbonyl (C=O) groups is 1. The van der Waals surface area contributed by atoms with E-state index in [0.717, 1.165) is 28.2 Å². The normalized spacial score (nSPS) is 15.9. The van der Waals surface area contributed by atoms with Crippen LogP contribution in [0.25, 0.3) is 16.2 Å². The van der Waals surface area contributed by atoms with Crippen LogP contribution in [0.15, 0.2) is 43.0 Å². The van der Waals surface area contributed by atoms with Gasteiger partial charge in [0, 0.05) is 38.1 Å². The number of fused-ring (bicyclic) bond motifs is 2. The number of hydrogen-bond acceptors (Lipinski definition) is 7. The molecule has 0 spiro atoms. The van der Waals surface area contributed by atoms with E-state index >= 15 is 0 Å². The molecule has 6 rings (SSSR count). The maximum atomic E-state index is 13.6. The largest absolute Gasteiger partial charge is 0.348 e. The van der Waals surface area contributed by atoms with Gasteiger partial charge in [0.1, 0.15) is 11.7 Å². The van der Waals surface area contributed by atoms with E-state index < -0.39 is 6.04 Å². The Bertz CT molecular complexity index is 1460. The third kappa shape index (κ3) is 2.93. The summed E-state index contributed by atoms with van der Waals surface area (Å²) in [6, 6.07) is 7.49. The number of carbonyl (C=O) groups excluding carboxylic acids is 1. The molecule has 11 heteroatoms. The van der Waals surface area contributed by atoms with Gasteiger partial charge >= 0.3 is 0 Å². The van der Waals surface area contributed by atoms with Gasteiger partial charge in [0.15, 0.2) is 5.01 Å². The van der Waals surface area contributed by atoms with Crippen molar-refractivity contribution >= 4 is 22.8 Å². The molecule has 160 valence electrons. The molecule has 0 radical (unpaired) electrons. The highest BCUT2D eigenvalue weighted by atomic mass is 32.1. The topological polar surface area (TPSA) is 110 Å². The van der Waals surface area contributed by atoms with Crippen molar-refractivity contribution in [3.8, 4) is 10.7 Å². The van der Waals surface area contributed by atoms with E-state index in [4.69, 9.17) is 5.10 Å². The second-order valence-electron chi connectivity index (χ2n) is 7.79. The summed E-state index contributed by atoms with van der Waals surface area (Å²) in [5.74, 6) is -0.183. The van der Waals surface area contributed by atoms with Gasteiger partial charge in [-0.2, -0.15) is 10.2 Å². The van der Waals surface area contributed by atoms with Crippen LogP contribution in [0.4, 0.5) is 0 Å². The fraction of sp³-hybridized carbons (Fsp3) is 0.238. The van der Waals surface area contributed by atoms with Crippen molar-refractivity contribution < 1.29 is 4.79 Å². The zero-order chi connectivity index (χ0) is 21.8. The predicted octanol–water partition coefficient (Wildman–Crippen LogP) is 2.41. The molecule has 0 saturated carbocycles. The first-order chi connectivity index (χ1) is 15.6.